The first-order valence-electron chi connectivity index (χ1n) is 2.92. The van der Waals surface area contributed by atoms with Crippen molar-refractivity contribution in [3.63, 3.8) is 0 Å². The Hall–Kier alpha value is 3.26. The van der Waals surface area contributed by atoms with E-state index in [1.54, 1.807) is 0 Å². The maximum Gasteiger partial charge on any atom is 2.00 e. The second-order valence-corrected chi connectivity index (χ2v) is 6.84. The topological polar surface area (TPSA) is 271 Å². The zero-order valence-corrected chi connectivity index (χ0v) is 18.2. The van der Waals surface area contributed by atoms with Crippen molar-refractivity contribution in [1.29, 1.82) is 0 Å². The standard InChI is InChI=1S/Ca.2H4O7P2.Sr/c;2*1-8(2,3)7-9(4,5)6;/h;2*(H2,1,2,3)(H2,4,5,6);/q+2;;;+2/p-8. The summed E-state index contributed by atoms with van der Waals surface area (Å²) in [5.74, 6) is 0. The van der Waals surface area contributed by atoms with Gasteiger partial charge in [0.1, 0.15) is 0 Å². The maximum atomic E-state index is 9.32. The van der Waals surface area contributed by atoms with E-state index in [2.05, 4.69) is 8.62 Å². The van der Waals surface area contributed by atoms with Gasteiger partial charge in [0.2, 0.25) is 0 Å². The Balaban J connectivity index is -0.000000116. The van der Waals surface area contributed by atoms with E-state index in [0.717, 1.165) is 0 Å². The summed E-state index contributed by atoms with van der Waals surface area (Å²) in [7, 11) is -22.7. The van der Waals surface area contributed by atoms with Crippen molar-refractivity contribution >= 4 is 115 Å². The van der Waals surface area contributed by atoms with Crippen LogP contribution in [0.15, 0.2) is 0 Å². The average molecular weight is 476 g/mol. The Morgan fingerprint density at radius 3 is 0.600 bits per heavy atom. The van der Waals surface area contributed by atoms with Crippen LogP contribution in [0.5, 0.6) is 0 Å². The van der Waals surface area contributed by atoms with Crippen molar-refractivity contribution in [2.24, 2.45) is 0 Å². The molecule has 0 unspecified atom stereocenters. The number of hydrogen-bond acceptors (Lipinski definition) is 14. The van der Waals surface area contributed by atoms with Crippen LogP contribution in [0.1, 0.15) is 0 Å². The van der Waals surface area contributed by atoms with Gasteiger partial charge >= 0.3 is 83.2 Å². The first kappa shape index (κ1) is 31.1. The molecule has 0 bridgehead atoms. The fourth-order valence-corrected chi connectivity index (χ4v) is 2.20. The van der Waals surface area contributed by atoms with E-state index in [0.29, 0.717) is 0 Å². The van der Waals surface area contributed by atoms with Crippen molar-refractivity contribution in [3.05, 3.63) is 0 Å². The van der Waals surface area contributed by atoms with Crippen molar-refractivity contribution in [3.8, 4) is 0 Å². The van der Waals surface area contributed by atoms with Gasteiger partial charge in [0.05, 0.1) is 31.3 Å². The van der Waals surface area contributed by atoms with E-state index >= 15 is 0 Å². The molecule has 0 aromatic carbocycles. The van der Waals surface area contributed by atoms with Gasteiger partial charge in [0.15, 0.2) is 0 Å². The van der Waals surface area contributed by atoms with Crippen LogP contribution in [0, 0.1) is 0 Å². The van der Waals surface area contributed by atoms with Crippen LogP contribution in [0.4, 0.5) is 0 Å². The molecule has 0 saturated carbocycles. The van der Waals surface area contributed by atoms with Gasteiger partial charge in [-0.25, -0.2) is 0 Å². The normalized spacial score (nSPS) is 12.4. The molecule has 0 aromatic heterocycles. The van der Waals surface area contributed by atoms with Crippen LogP contribution < -0.4 is 39.1 Å². The molecule has 0 radical (unpaired) electrons. The predicted molar refractivity (Wildman–Crippen MR) is 44.1 cm³/mol. The first-order chi connectivity index (χ1) is 7.41. The maximum absolute atomic E-state index is 9.32. The zero-order chi connectivity index (χ0) is 15.4. The number of hydrogen-bond donors (Lipinski definition) is 0. The SMILES string of the molecule is O=P([O-])([O-])OP(=O)([O-])[O-].O=P([O-])([O-])OP(=O)([O-])[O-].[Ca+2].[Sr+2]. The van der Waals surface area contributed by atoms with Gasteiger partial charge in [0, 0.05) is 0 Å². The summed E-state index contributed by atoms with van der Waals surface area (Å²) in [5.41, 5.74) is 0. The molecular formula is CaO14P4Sr-4. The van der Waals surface area contributed by atoms with Gasteiger partial charge in [-0.05, 0) is 0 Å². The van der Waals surface area contributed by atoms with E-state index in [1.165, 1.54) is 0 Å². The van der Waals surface area contributed by atoms with Crippen LogP contribution in [0.25, 0.3) is 0 Å². The molecule has 0 aromatic rings. The summed E-state index contributed by atoms with van der Waals surface area (Å²) in [6, 6.07) is 0. The van der Waals surface area contributed by atoms with Crippen LogP contribution in [0.3, 0.4) is 0 Å². The largest absolute Gasteiger partial charge is 2.00 e. The Labute approximate surface area is 178 Å². The van der Waals surface area contributed by atoms with Gasteiger partial charge in [-0.15, -0.1) is 0 Å². The van der Waals surface area contributed by atoms with E-state index in [9.17, 15) is 57.4 Å². The Morgan fingerprint density at radius 1 is 0.500 bits per heavy atom. The zero-order valence-electron chi connectivity index (χ0n) is 8.92. The first-order valence-corrected chi connectivity index (χ1v) is 8.76. The second kappa shape index (κ2) is 11.8. The number of rotatable bonds is 4. The van der Waals surface area contributed by atoms with Gasteiger partial charge in [-0.2, -0.15) is 0 Å². The smallest absolute Gasteiger partial charge is 0.790 e. The van der Waals surface area contributed by atoms with Gasteiger partial charge in [0.25, 0.3) is 0 Å². The summed E-state index contributed by atoms with van der Waals surface area (Å²) < 4.78 is 42.3. The van der Waals surface area contributed by atoms with Crippen molar-refractivity contribution in [2.45, 2.75) is 0 Å². The fraction of sp³-hybridized carbons (Fsp3) is 0. The van der Waals surface area contributed by atoms with Gasteiger partial charge < -0.3 is 66.0 Å². The van der Waals surface area contributed by atoms with E-state index in [-0.39, 0.29) is 83.2 Å². The molecule has 0 aliphatic heterocycles. The Bertz CT molecular complexity index is 348. The Kier molecular flexibility index (Phi) is 18.3. The Morgan fingerprint density at radius 2 is 0.600 bits per heavy atom. The fourth-order valence-electron chi connectivity index (χ4n) is 0.245. The third-order valence-corrected chi connectivity index (χ3v) is 3.60. The predicted octanol–water partition coefficient (Wildman–Crippen LogP) is -7.44. The van der Waals surface area contributed by atoms with Gasteiger partial charge in [-0.1, -0.05) is 0 Å². The average Bonchev–Trinajstić information content (AvgIpc) is 1.64. The van der Waals surface area contributed by atoms with Crippen molar-refractivity contribution < 1.29 is 66.0 Å². The summed E-state index contributed by atoms with van der Waals surface area (Å²) in [6.07, 6.45) is 0. The molecule has 0 amide bonds. The van der Waals surface area contributed by atoms with Gasteiger partial charge in [-0.3, -0.25) is 0 Å². The molecule has 14 nitrogen and oxygen atoms in total. The molecular weight excluding hydrogens is 476 g/mol. The molecule has 0 rings (SSSR count). The van der Waals surface area contributed by atoms with E-state index in [1.807, 2.05) is 0 Å². The second-order valence-electron chi connectivity index (χ2n) is 1.95. The molecule has 112 valence electrons. The summed E-state index contributed by atoms with van der Waals surface area (Å²) in [6.45, 7) is 0. The van der Waals surface area contributed by atoms with E-state index in [4.69, 9.17) is 0 Å². The molecule has 0 fully saturated rings. The molecule has 20 heteroatoms. The minimum atomic E-state index is -5.68. The van der Waals surface area contributed by atoms with Crippen LogP contribution >= 0.6 is 31.3 Å². The van der Waals surface area contributed by atoms with Crippen LogP contribution in [-0.4, -0.2) is 83.2 Å². The molecule has 0 heterocycles. The molecule has 0 saturated heterocycles. The minimum Gasteiger partial charge on any atom is -0.790 e. The molecule has 20 heavy (non-hydrogen) atoms. The van der Waals surface area contributed by atoms with Crippen LogP contribution in [-0.2, 0) is 26.9 Å². The van der Waals surface area contributed by atoms with Crippen LogP contribution in [0.2, 0.25) is 0 Å². The monoisotopic (exact) mass is 476 g/mol. The van der Waals surface area contributed by atoms with Crippen molar-refractivity contribution in [2.75, 3.05) is 0 Å². The summed E-state index contributed by atoms with van der Waals surface area (Å²) in [5, 5.41) is 0. The molecule has 0 N–H and O–H groups in total. The molecule has 0 spiro atoms. The summed E-state index contributed by atoms with van der Waals surface area (Å²) in [4.78, 5) is 74.6. The summed E-state index contributed by atoms with van der Waals surface area (Å²) >= 11 is 0. The third kappa shape index (κ3) is 37.5. The molecule has 0 aliphatic rings. The van der Waals surface area contributed by atoms with Crippen molar-refractivity contribution in [1.82, 2.24) is 0 Å². The molecule has 0 atom stereocenters. The minimum absolute atomic E-state index is 0. The quantitative estimate of drug-likeness (QED) is 0.270. The number of phosphoric acid groups is 4. The molecule has 0 aliphatic carbocycles. The third-order valence-electron chi connectivity index (χ3n) is 0.400. The van der Waals surface area contributed by atoms with E-state index < -0.39 is 31.3 Å².